The molecule has 0 saturated heterocycles. The molecule has 0 bridgehead atoms. The van der Waals surface area contributed by atoms with Crippen LogP contribution in [0.2, 0.25) is 10.0 Å². The van der Waals surface area contributed by atoms with Crippen LogP contribution in [0.1, 0.15) is 36.1 Å². The molecule has 0 aliphatic heterocycles. The third-order valence-corrected chi connectivity index (χ3v) is 5.80. The molecule has 0 aliphatic carbocycles. The maximum Gasteiger partial charge on any atom is 0.251 e. The summed E-state index contributed by atoms with van der Waals surface area (Å²) in [5, 5.41) is 15.9. The topological polar surface area (TPSA) is 88.9 Å². The van der Waals surface area contributed by atoms with E-state index in [1.165, 1.54) is 11.8 Å². The van der Waals surface area contributed by atoms with E-state index in [0.717, 1.165) is 0 Å². The highest BCUT2D eigenvalue weighted by molar-refractivity contribution is 7.99. The Morgan fingerprint density at radius 1 is 1.10 bits per heavy atom. The Bertz CT molecular complexity index is 1070. The van der Waals surface area contributed by atoms with Gasteiger partial charge >= 0.3 is 0 Å². The Morgan fingerprint density at radius 2 is 1.84 bits per heavy atom. The van der Waals surface area contributed by atoms with Gasteiger partial charge in [0, 0.05) is 27.8 Å². The molecule has 0 aliphatic rings. The normalized spacial score (nSPS) is 11.7. The number of carbonyl (C=O) groups is 2. The minimum Gasteiger partial charge on any atom is -0.342 e. The number of amides is 2. The van der Waals surface area contributed by atoms with E-state index < -0.39 is 0 Å². The Balaban J connectivity index is 1.62. The molecule has 1 heterocycles. The SMILES string of the molecule is CCn1c(SCC(=O)Nc2cccc(Cl)c2)nnc1[C@@H](C)NC(=O)c1ccc(Cl)cc1. The van der Waals surface area contributed by atoms with Crippen LogP contribution in [-0.2, 0) is 11.3 Å². The van der Waals surface area contributed by atoms with Crippen molar-refractivity contribution in [1.29, 1.82) is 0 Å². The summed E-state index contributed by atoms with van der Waals surface area (Å²) in [6.45, 7) is 4.39. The van der Waals surface area contributed by atoms with Crippen molar-refractivity contribution in [3.05, 3.63) is 70.0 Å². The fourth-order valence-electron chi connectivity index (χ4n) is 2.86. The molecule has 162 valence electrons. The largest absolute Gasteiger partial charge is 0.342 e. The van der Waals surface area contributed by atoms with E-state index in [-0.39, 0.29) is 23.6 Å². The number of carbonyl (C=O) groups excluding carboxylic acids is 2. The molecule has 2 aromatic carbocycles. The summed E-state index contributed by atoms with van der Waals surface area (Å²) in [6, 6.07) is 13.2. The molecule has 0 saturated carbocycles. The van der Waals surface area contributed by atoms with Gasteiger partial charge in [-0.3, -0.25) is 9.59 Å². The van der Waals surface area contributed by atoms with Gasteiger partial charge in [0.15, 0.2) is 11.0 Å². The quantitative estimate of drug-likeness (QED) is 0.453. The number of benzene rings is 2. The number of nitrogens with zero attached hydrogens (tertiary/aromatic N) is 3. The second-order valence-electron chi connectivity index (χ2n) is 6.63. The predicted octanol–water partition coefficient (Wildman–Crippen LogP) is 4.83. The summed E-state index contributed by atoms with van der Waals surface area (Å²) >= 11 is 13.1. The number of nitrogens with one attached hydrogen (secondary N) is 2. The van der Waals surface area contributed by atoms with Crippen LogP contribution in [0.25, 0.3) is 0 Å². The molecule has 0 unspecified atom stereocenters. The van der Waals surface area contributed by atoms with Gasteiger partial charge in [0.05, 0.1) is 11.8 Å². The molecule has 2 N–H and O–H groups in total. The van der Waals surface area contributed by atoms with E-state index in [9.17, 15) is 9.59 Å². The van der Waals surface area contributed by atoms with Gasteiger partial charge in [-0.2, -0.15) is 0 Å². The molecule has 0 fully saturated rings. The summed E-state index contributed by atoms with van der Waals surface area (Å²) in [5.74, 6) is 0.368. The van der Waals surface area contributed by atoms with Crippen molar-refractivity contribution in [3.63, 3.8) is 0 Å². The Kier molecular flexibility index (Phi) is 7.95. The summed E-state index contributed by atoms with van der Waals surface area (Å²) in [4.78, 5) is 24.7. The smallest absolute Gasteiger partial charge is 0.251 e. The van der Waals surface area contributed by atoms with E-state index in [4.69, 9.17) is 23.2 Å². The second-order valence-corrected chi connectivity index (χ2v) is 8.45. The van der Waals surface area contributed by atoms with Crippen LogP contribution in [0.4, 0.5) is 5.69 Å². The van der Waals surface area contributed by atoms with Crippen LogP contribution >= 0.6 is 35.0 Å². The molecule has 2 amide bonds. The number of rotatable bonds is 8. The van der Waals surface area contributed by atoms with E-state index in [2.05, 4.69) is 20.8 Å². The van der Waals surface area contributed by atoms with Crippen molar-refractivity contribution < 1.29 is 9.59 Å². The first-order valence-corrected chi connectivity index (χ1v) is 11.3. The van der Waals surface area contributed by atoms with Crippen molar-refractivity contribution >= 4 is 52.5 Å². The van der Waals surface area contributed by atoms with Crippen molar-refractivity contribution in [3.8, 4) is 0 Å². The van der Waals surface area contributed by atoms with Gasteiger partial charge in [0.2, 0.25) is 5.91 Å². The van der Waals surface area contributed by atoms with Gasteiger partial charge in [-0.05, 0) is 56.3 Å². The van der Waals surface area contributed by atoms with Crippen LogP contribution in [-0.4, -0.2) is 32.3 Å². The standard InChI is InChI=1S/C21H21Cl2N5O2S/c1-3-28-19(13(2)24-20(30)14-7-9-15(22)10-8-14)26-27-21(28)31-12-18(29)25-17-6-4-5-16(23)11-17/h4-11,13H,3,12H2,1-2H3,(H,24,30)(H,25,29)/t13-/m1/s1. The lowest BCUT2D eigenvalue weighted by atomic mass is 10.2. The summed E-state index contributed by atoms with van der Waals surface area (Å²) in [7, 11) is 0. The lowest BCUT2D eigenvalue weighted by molar-refractivity contribution is -0.113. The van der Waals surface area contributed by atoms with E-state index in [1.54, 1.807) is 48.5 Å². The molecule has 7 nitrogen and oxygen atoms in total. The summed E-state index contributed by atoms with van der Waals surface area (Å²) in [6.07, 6.45) is 0. The minimum atomic E-state index is -0.370. The minimum absolute atomic E-state index is 0.163. The highest BCUT2D eigenvalue weighted by atomic mass is 35.5. The molecule has 1 aromatic heterocycles. The van der Waals surface area contributed by atoms with Crippen molar-refractivity contribution in [2.45, 2.75) is 31.6 Å². The monoisotopic (exact) mass is 477 g/mol. The molecule has 1 atom stereocenters. The number of hydrogen-bond donors (Lipinski definition) is 2. The number of hydrogen-bond acceptors (Lipinski definition) is 5. The molecule has 3 aromatic rings. The predicted molar refractivity (Wildman–Crippen MR) is 124 cm³/mol. The van der Waals surface area contributed by atoms with Gasteiger partial charge < -0.3 is 15.2 Å². The third-order valence-electron chi connectivity index (χ3n) is 4.34. The van der Waals surface area contributed by atoms with Crippen molar-refractivity contribution in [2.24, 2.45) is 0 Å². The Hall–Kier alpha value is -2.55. The van der Waals surface area contributed by atoms with Crippen molar-refractivity contribution in [2.75, 3.05) is 11.1 Å². The zero-order valence-corrected chi connectivity index (χ0v) is 19.3. The number of halogens is 2. The fourth-order valence-corrected chi connectivity index (χ4v) is 3.99. The van der Waals surface area contributed by atoms with Gasteiger partial charge in [-0.15, -0.1) is 10.2 Å². The summed E-state index contributed by atoms with van der Waals surface area (Å²) in [5.41, 5.74) is 1.14. The van der Waals surface area contributed by atoms with Gasteiger partial charge in [-0.25, -0.2) is 0 Å². The van der Waals surface area contributed by atoms with E-state index >= 15 is 0 Å². The van der Waals surface area contributed by atoms with Crippen LogP contribution in [0.5, 0.6) is 0 Å². The average molecular weight is 478 g/mol. The van der Waals surface area contributed by atoms with Gasteiger partial charge in [-0.1, -0.05) is 41.0 Å². The number of anilines is 1. The van der Waals surface area contributed by atoms with Crippen LogP contribution in [0.3, 0.4) is 0 Å². The molecule has 0 radical (unpaired) electrons. The first-order chi connectivity index (χ1) is 14.9. The van der Waals surface area contributed by atoms with Gasteiger partial charge in [0.25, 0.3) is 5.91 Å². The van der Waals surface area contributed by atoms with Crippen LogP contribution in [0, 0.1) is 0 Å². The van der Waals surface area contributed by atoms with Crippen molar-refractivity contribution in [1.82, 2.24) is 20.1 Å². The van der Waals surface area contributed by atoms with E-state index in [0.29, 0.717) is 38.8 Å². The molecular formula is C21H21Cl2N5O2S. The Labute approximate surface area is 194 Å². The molecule has 31 heavy (non-hydrogen) atoms. The first kappa shape index (κ1) is 23.1. The highest BCUT2D eigenvalue weighted by Crippen LogP contribution is 2.22. The number of aromatic nitrogens is 3. The van der Waals surface area contributed by atoms with E-state index in [1.807, 2.05) is 18.4 Å². The van der Waals surface area contributed by atoms with Crippen LogP contribution in [0.15, 0.2) is 53.7 Å². The highest BCUT2D eigenvalue weighted by Gasteiger charge is 2.20. The van der Waals surface area contributed by atoms with Gasteiger partial charge in [0.1, 0.15) is 0 Å². The maximum atomic E-state index is 12.5. The zero-order chi connectivity index (χ0) is 22.4. The third kappa shape index (κ3) is 6.22. The Morgan fingerprint density at radius 3 is 2.52 bits per heavy atom. The zero-order valence-electron chi connectivity index (χ0n) is 16.9. The lowest BCUT2D eigenvalue weighted by Gasteiger charge is -2.15. The average Bonchev–Trinajstić information content (AvgIpc) is 3.16. The second kappa shape index (κ2) is 10.7. The lowest BCUT2D eigenvalue weighted by Crippen LogP contribution is -2.28. The summed E-state index contributed by atoms with van der Waals surface area (Å²) < 4.78 is 1.88. The number of thioether (sulfide) groups is 1. The molecule has 3 rings (SSSR count). The fraction of sp³-hybridized carbons (Fsp3) is 0.238. The molecular weight excluding hydrogens is 457 g/mol. The van der Waals surface area contributed by atoms with Crippen LogP contribution < -0.4 is 10.6 Å². The molecule has 0 spiro atoms. The molecule has 10 heteroatoms. The maximum absolute atomic E-state index is 12.5. The first-order valence-electron chi connectivity index (χ1n) is 9.55.